The van der Waals surface area contributed by atoms with E-state index in [0.717, 1.165) is 47.4 Å². The van der Waals surface area contributed by atoms with E-state index in [-0.39, 0.29) is 41.3 Å². The molecule has 3 heterocycles. The highest BCUT2D eigenvalue weighted by molar-refractivity contribution is 6.30. The second-order valence-corrected chi connectivity index (χ2v) is 11.7. The molecule has 0 spiro atoms. The third kappa shape index (κ3) is 6.05. The molecule has 1 atom stereocenters. The maximum Gasteiger partial charge on any atom is 0.276 e. The Bertz CT molecular complexity index is 1750. The molecule has 10 nitrogen and oxygen atoms in total. The molecule has 6 rings (SSSR count). The number of Topliss-reactive ketones (excluding diaryl/α,β-unsaturated/α-hetero) is 1. The molecule has 2 aliphatic rings. The number of nitrogens with zero attached hydrogens (tertiary/aromatic N) is 5. The van der Waals surface area contributed by atoms with Crippen molar-refractivity contribution < 1.29 is 23.5 Å². The van der Waals surface area contributed by atoms with Crippen LogP contribution < -0.4 is 10.6 Å². The summed E-state index contributed by atoms with van der Waals surface area (Å²) in [5.41, 5.74) is 9.28. The van der Waals surface area contributed by atoms with Crippen LogP contribution in [0.4, 0.5) is 10.1 Å². The highest BCUT2D eigenvalue weighted by Crippen LogP contribution is 2.38. The number of carbonyl (C=O) groups excluding carboxylic acids is 3. The molecule has 2 aliphatic heterocycles. The number of benzene rings is 3. The third-order valence-electron chi connectivity index (χ3n) is 8.59. The summed E-state index contributed by atoms with van der Waals surface area (Å²) in [6, 6.07) is 16.0. The SMILES string of the molecule is COC1CCN(c2cccc3c2CCN(C(=O)c2cn(-c4cccc(Cl)c4F)nn2)C3C(=O)Cc2ccc(C(N)=O)cc2)CC1. The van der Waals surface area contributed by atoms with E-state index in [1.165, 1.54) is 23.2 Å². The Balaban J connectivity index is 1.34. The molecule has 0 bridgehead atoms. The minimum atomic E-state index is -0.901. The predicted octanol–water partition coefficient (Wildman–Crippen LogP) is 4.33. The van der Waals surface area contributed by atoms with Crippen LogP contribution in [0.5, 0.6) is 0 Å². The van der Waals surface area contributed by atoms with Crippen molar-refractivity contribution in [2.75, 3.05) is 31.6 Å². The molecule has 4 aromatic rings. The van der Waals surface area contributed by atoms with Crippen LogP contribution >= 0.6 is 11.6 Å². The Kier molecular flexibility index (Phi) is 8.64. The third-order valence-corrected chi connectivity index (χ3v) is 8.88. The molecule has 1 fully saturated rings. The van der Waals surface area contributed by atoms with Gasteiger partial charge < -0.3 is 20.3 Å². The first-order valence-corrected chi connectivity index (χ1v) is 15.1. The number of amides is 2. The predicted molar refractivity (Wildman–Crippen MR) is 166 cm³/mol. The number of carbonyl (C=O) groups is 3. The first kappa shape index (κ1) is 30.4. The Labute approximate surface area is 264 Å². The van der Waals surface area contributed by atoms with Crippen LogP contribution in [-0.2, 0) is 22.4 Å². The summed E-state index contributed by atoms with van der Waals surface area (Å²) in [4.78, 5) is 43.6. The van der Waals surface area contributed by atoms with Crippen molar-refractivity contribution in [2.24, 2.45) is 5.73 Å². The van der Waals surface area contributed by atoms with E-state index in [1.807, 2.05) is 12.1 Å². The summed E-state index contributed by atoms with van der Waals surface area (Å²) in [5, 5.41) is 7.94. The largest absolute Gasteiger partial charge is 0.381 e. The quantitative estimate of drug-likeness (QED) is 0.307. The van der Waals surface area contributed by atoms with Gasteiger partial charge in [0.15, 0.2) is 17.3 Å². The molecular formula is C33H32ClFN6O4. The van der Waals surface area contributed by atoms with Gasteiger partial charge in [-0.3, -0.25) is 14.4 Å². The lowest BCUT2D eigenvalue weighted by molar-refractivity contribution is -0.123. The molecule has 0 radical (unpaired) electrons. The molecule has 0 aliphatic carbocycles. The summed E-state index contributed by atoms with van der Waals surface area (Å²) < 4.78 is 21.4. The van der Waals surface area contributed by atoms with Crippen molar-refractivity contribution in [3.05, 3.63) is 106 Å². The zero-order valence-electron chi connectivity index (χ0n) is 24.7. The molecule has 12 heteroatoms. The van der Waals surface area contributed by atoms with Gasteiger partial charge in [0.2, 0.25) is 5.91 Å². The van der Waals surface area contributed by atoms with Gasteiger partial charge in [-0.2, -0.15) is 0 Å². The van der Waals surface area contributed by atoms with Gasteiger partial charge in [0.05, 0.1) is 17.3 Å². The standard InChI is InChI=1S/C33H32ClFN6O4/c1-45-22-12-15-39(16-13-22)27-6-2-4-24-23(27)14-17-40(31(24)29(42)18-20-8-10-21(11-9-20)32(36)43)33(44)26-19-41(38-37-26)28-7-3-5-25(34)30(28)35/h2-11,19,22,31H,12-18H2,1H3,(H2,36,43). The highest BCUT2D eigenvalue weighted by Gasteiger charge is 2.38. The molecule has 2 N–H and O–H groups in total. The lowest BCUT2D eigenvalue weighted by Crippen LogP contribution is -2.45. The number of methoxy groups -OCH3 is 1. The number of ether oxygens (including phenoxy) is 1. The zero-order chi connectivity index (χ0) is 31.7. The summed E-state index contributed by atoms with van der Waals surface area (Å²) >= 11 is 5.95. The van der Waals surface area contributed by atoms with Crippen LogP contribution in [0.2, 0.25) is 5.02 Å². The number of nitrogens with two attached hydrogens (primary N) is 1. The molecule has 1 unspecified atom stereocenters. The average Bonchev–Trinajstić information content (AvgIpc) is 3.55. The van der Waals surface area contributed by atoms with Gasteiger partial charge in [-0.25, -0.2) is 9.07 Å². The number of ketones is 1. The Hall–Kier alpha value is -4.61. The number of rotatable bonds is 8. The normalized spacial score (nSPS) is 16.8. The van der Waals surface area contributed by atoms with Crippen molar-refractivity contribution in [3.63, 3.8) is 0 Å². The van der Waals surface area contributed by atoms with E-state index < -0.39 is 23.7 Å². The van der Waals surface area contributed by atoms with Crippen molar-refractivity contribution in [1.29, 1.82) is 0 Å². The minimum Gasteiger partial charge on any atom is -0.381 e. The number of primary amides is 1. The number of fused-ring (bicyclic) bond motifs is 1. The average molecular weight is 631 g/mol. The van der Waals surface area contributed by atoms with Crippen molar-refractivity contribution in [1.82, 2.24) is 19.9 Å². The smallest absolute Gasteiger partial charge is 0.276 e. The molecule has 2 amide bonds. The van der Waals surface area contributed by atoms with Gasteiger partial charge >= 0.3 is 0 Å². The van der Waals surface area contributed by atoms with Gasteiger partial charge in [0, 0.05) is 44.4 Å². The maximum absolute atomic E-state index is 14.7. The lowest BCUT2D eigenvalue weighted by Gasteiger charge is -2.40. The van der Waals surface area contributed by atoms with Crippen LogP contribution in [0.1, 0.15) is 56.4 Å². The second-order valence-electron chi connectivity index (χ2n) is 11.2. The van der Waals surface area contributed by atoms with E-state index in [9.17, 15) is 18.8 Å². The summed E-state index contributed by atoms with van der Waals surface area (Å²) in [6.07, 6.45) is 3.92. The van der Waals surface area contributed by atoms with E-state index in [1.54, 1.807) is 37.4 Å². The Morgan fingerprint density at radius 1 is 1.00 bits per heavy atom. The van der Waals surface area contributed by atoms with Crippen LogP contribution in [0, 0.1) is 5.82 Å². The summed E-state index contributed by atoms with van der Waals surface area (Å²) in [5.74, 6) is -1.94. The number of anilines is 1. The fraction of sp³-hybridized carbons (Fsp3) is 0.303. The number of piperidine rings is 1. The molecule has 0 saturated carbocycles. The van der Waals surface area contributed by atoms with E-state index in [0.29, 0.717) is 17.5 Å². The first-order valence-electron chi connectivity index (χ1n) is 14.7. The van der Waals surface area contributed by atoms with Crippen molar-refractivity contribution in [3.8, 4) is 5.69 Å². The van der Waals surface area contributed by atoms with Gasteiger partial charge in [0.1, 0.15) is 11.7 Å². The zero-order valence-corrected chi connectivity index (χ0v) is 25.4. The van der Waals surface area contributed by atoms with Crippen LogP contribution in [-0.4, -0.2) is 70.3 Å². The molecule has 1 saturated heterocycles. The highest BCUT2D eigenvalue weighted by atomic mass is 35.5. The summed E-state index contributed by atoms with van der Waals surface area (Å²) in [7, 11) is 1.73. The van der Waals surface area contributed by atoms with Crippen molar-refractivity contribution >= 4 is 34.9 Å². The second kappa shape index (κ2) is 12.8. The molecule has 45 heavy (non-hydrogen) atoms. The summed E-state index contributed by atoms with van der Waals surface area (Å²) in [6.45, 7) is 1.92. The van der Waals surface area contributed by atoms with Crippen LogP contribution in [0.15, 0.2) is 66.9 Å². The van der Waals surface area contributed by atoms with E-state index in [2.05, 4.69) is 21.3 Å². The number of hydrogen-bond donors (Lipinski definition) is 1. The van der Waals surface area contributed by atoms with Gasteiger partial charge in [0.25, 0.3) is 5.91 Å². The molecule has 3 aromatic carbocycles. The Morgan fingerprint density at radius 3 is 2.42 bits per heavy atom. The number of hydrogen-bond acceptors (Lipinski definition) is 7. The topological polar surface area (TPSA) is 124 Å². The van der Waals surface area contributed by atoms with Gasteiger partial charge in [-0.05, 0) is 66.3 Å². The van der Waals surface area contributed by atoms with Crippen LogP contribution in [0.3, 0.4) is 0 Å². The van der Waals surface area contributed by atoms with Gasteiger partial charge in [-0.15, -0.1) is 5.10 Å². The molecule has 1 aromatic heterocycles. The molecular weight excluding hydrogens is 599 g/mol. The van der Waals surface area contributed by atoms with E-state index >= 15 is 0 Å². The first-order chi connectivity index (χ1) is 21.7. The fourth-order valence-corrected chi connectivity index (χ4v) is 6.39. The van der Waals surface area contributed by atoms with Crippen molar-refractivity contribution in [2.45, 2.75) is 37.8 Å². The fourth-order valence-electron chi connectivity index (χ4n) is 6.23. The van der Waals surface area contributed by atoms with Crippen LogP contribution in [0.25, 0.3) is 5.69 Å². The number of aromatic nitrogens is 3. The van der Waals surface area contributed by atoms with Gasteiger partial charge in [-0.1, -0.05) is 47.1 Å². The minimum absolute atomic E-state index is 0.0246. The number of halogens is 2. The molecule has 232 valence electrons. The van der Waals surface area contributed by atoms with E-state index in [4.69, 9.17) is 22.1 Å². The lowest BCUT2D eigenvalue weighted by atomic mass is 9.86. The monoisotopic (exact) mass is 630 g/mol. The maximum atomic E-state index is 14.7. The Morgan fingerprint density at radius 2 is 1.71 bits per heavy atom.